The minimum atomic E-state index is 0.0714. The lowest BCUT2D eigenvalue weighted by Gasteiger charge is -1.97. The lowest BCUT2D eigenvalue weighted by atomic mass is 10.1. The van der Waals surface area contributed by atoms with Gasteiger partial charge in [0.2, 0.25) is 0 Å². The molecule has 3 heteroatoms. The fraction of sp³-hybridized carbons (Fsp3) is 0.222. The molecule has 1 aromatic rings. The highest BCUT2D eigenvalue weighted by molar-refractivity contribution is 7.12. The van der Waals surface area contributed by atoms with Gasteiger partial charge in [0.05, 0.1) is 4.88 Å². The summed E-state index contributed by atoms with van der Waals surface area (Å²) < 4.78 is 0. The maximum absolute atomic E-state index is 5.12. The molecule has 1 aliphatic rings. The molecule has 0 amide bonds. The van der Waals surface area contributed by atoms with Crippen molar-refractivity contribution in [3.05, 3.63) is 35.0 Å². The maximum Gasteiger partial charge on any atom is 0.151 e. The van der Waals surface area contributed by atoms with Crippen molar-refractivity contribution in [1.82, 2.24) is 0 Å². The molecule has 0 aliphatic carbocycles. The van der Waals surface area contributed by atoms with Crippen molar-refractivity contribution < 1.29 is 4.84 Å². The molecule has 2 nitrogen and oxygen atoms in total. The molecule has 1 aromatic heterocycles. The van der Waals surface area contributed by atoms with E-state index in [1.54, 1.807) is 17.4 Å². The Labute approximate surface area is 75.2 Å². The second-order valence-corrected chi connectivity index (χ2v) is 3.55. The normalized spacial score (nSPS) is 21.7. The van der Waals surface area contributed by atoms with Crippen LogP contribution in [-0.2, 0) is 4.84 Å². The molecule has 12 heavy (non-hydrogen) atoms. The smallest absolute Gasteiger partial charge is 0.151 e. The molecule has 62 valence electrons. The van der Waals surface area contributed by atoms with E-state index >= 15 is 0 Å². The third-order valence-electron chi connectivity index (χ3n) is 1.76. The van der Waals surface area contributed by atoms with Crippen molar-refractivity contribution in [2.45, 2.75) is 12.5 Å². The van der Waals surface area contributed by atoms with Crippen LogP contribution in [0.4, 0.5) is 0 Å². The van der Waals surface area contributed by atoms with Crippen molar-refractivity contribution in [2.75, 3.05) is 0 Å². The molecular formula is C9H9NOS. The molecule has 0 N–H and O–H groups in total. The van der Waals surface area contributed by atoms with Crippen LogP contribution < -0.4 is 0 Å². The topological polar surface area (TPSA) is 21.6 Å². The first-order chi connectivity index (χ1) is 5.90. The Bertz CT molecular complexity index is 302. The van der Waals surface area contributed by atoms with Gasteiger partial charge in [-0.2, -0.15) is 0 Å². The number of thiophene rings is 1. The summed E-state index contributed by atoms with van der Waals surface area (Å²) in [6, 6.07) is 4.07. The molecule has 0 saturated carbocycles. The predicted octanol–water partition coefficient (Wildman–Crippen LogP) is 2.43. The van der Waals surface area contributed by atoms with Crippen molar-refractivity contribution in [3.8, 4) is 0 Å². The Morgan fingerprint density at radius 2 is 2.67 bits per heavy atom. The van der Waals surface area contributed by atoms with Crippen LogP contribution in [0.15, 0.2) is 35.3 Å². The van der Waals surface area contributed by atoms with Crippen LogP contribution >= 0.6 is 11.3 Å². The molecule has 2 rings (SSSR count). The van der Waals surface area contributed by atoms with Gasteiger partial charge in [-0.1, -0.05) is 17.8 Å². The quantitative estimate of drug-likeness (QED) is 0.639. The van der Waals surface area contributed by atoms with Crippen LogP contribution in [0.3, 0.4) is 0 Å². The van der Waals surface area contributed by atoms with Gasteiger partial charge in [0.25, 0.3) is 0 Å². The Morgan fingerprint density at radius 3 is 3.25 bits per heavy atom. The minimum absolute atomic E-state index is 0.0714. The van der Waals surface area contributed by atoms with E-state index in [1.807, 2.05) is 11.4 Å². The van der Waals surface area contributed by atoms with Gasteiger partial charge in [0, 0.05) is 6.42 Å². The molecular weight excluding hydrogens is 170 g/mol. The highest BCUT2D eigenvalue weighted by atomic mass is 32.1. The first-order valence-corrected chi connectivity index (χ1v) is 4.67. The van der Waals surface area contributed by atoms with E-state index in [0.717, 1.165) is 12.1 Å². The van der Waals surface area contributed by atoms with Crippen LogP contribution in [-0.4, -0.2) is 11.8 Å². The fourth-order valence-corrected chi connectivity index (χ4v) is 1.83. The average molecular weight is 179 g/mol. The average Bonchev–Trinajstić information content (AvgIpc) is 2.75. The van der Waals surface area contributed by atoms with Gasteiger partial charge in [-0.25, -0.2) is 0 Å². The standard InChI is InChI=1S/C9H9NOS/c1-2-7-6-8(10-11-7)9-4-3-5-12-9/h2-5,7H,1,6H2/t7-/m0/s1. The van der Waals surface area contributed by atoms with E-state index in [4.69, 9.17) is 4.84 Å². The van der Waals surface area contributed by atoms with Gasteiger partial charge in [-0.3, -0.25) is 0 Å². The summed E-state index contributed by atoms with van der Waals surface area (Å²) in [6.45, 7) is 3.66. The van der Waals surface area contributed by atoms with Crippen LogP contribution in [0.5, 0.6) is 0 Å². The molecule has 0 radical (unpaired) electrons. The molecule has 0 spiro atoms. The number of nitrogens with zero attached hydrogens (tertiary/aromatic N) is 1. The molecule has 0 saturated heterocycles. The zero-order chi connectivity index (χ0) is 8.39. The van der Waals surface area contributed by atoms with E-state index < -0.39 is 0 Å². The molecule has 1 atom stereocenters. The molecule has 0 fully saturated rings. The van der Waals surface area contributed by atoms with E-state index in [9.17, 15) is 0 Å². The lowest BCUT2D eigenvalue weighted by Crippen LogP contribution is -2.02. The van der Waals surface area contributed by atoms with Crippen molar-refractivity contribution >= 4 is 17.0 Å². The molecule has 0 bridgehead atoms. The van der Waals surface area contributed by atoms with E-state index in [2.05, 4.69) is 17.8 Å². The second kappa shape index (κ2) is 3.11. The Kier molecular flexibility index (Phi) is 1.96. The van der Waals surface area contributed by atoms with Crippen LogP contribution in [0.25, 0.3) is 0 Å². The van der Waals surface area contributed by atoms with E-state index in [0.29, 0.717) is 0 Å². The van der Waals surface area contributed by atoms with E-state index in [-0.39, 0.29) is 6.10 Å². The predicted molar refractivity (Wildman–Crippen MR) is 50.5 cm³/mol. The molecule has 1 aliphatic heterocycles. The summed E-state index contributed by atoms with van der Waals surface area (Å²) in [6.07, 6.45) is 2.70. The fourth-order valence-electron chi connectivity index (χ4n) is 1.11. The van der Waals surface area contributed by atoms with Crippen LogP contribution in [0.1, 0.15) is 11.3 Å². The first-order valence-electron chi connectivity index (χ1n) is 3.79. The summed E-state index contributed by atoms with van der Waals surface area (Å²) >= 11 is 1.69. The second-order valence-electron chi connectivity index (χ2n) is 2.60. The van der Waals surface area contributed by atoms with Crippen molar-refractivity contribution in [1.29, 1.82) is 0 Å². The number of hydrogen-bond acceptors (Lipinski definition) is 3. The highest BCUT2D eigenvalue weighted by Gasteiger charge is 2.19. The maximum atomic E-state index is 5.12. The van der Waals surface area contributed by atoms with Crippen LogP contribution in [0.2, 0.25) is 0 Å². The first kappa shape index (κ1) is 7.55. The summed E-state index contributed by atoms with van der Waals surface area (Å²) in [4.78, 5) is 6.31. The Hall–Kier alpha value is -1.09. The van der Waals surface area contributed by atoms with Crippen molar-refractivity contribution in [2.24, 2.45) is 5.16 Å². The van der Waals surface area contributed by atoms with Gasteiger partial charge < -0.3 is 4.84 Å². The Morgan fingerprint density at radius 1 is 1.75 bits per heavy atom. The van der Waals surface area contributed by atoms with Gasteiger partial charge in [0.1, 0.15) is 5.71 Å². The van der Waals surface area contributed by atoms with Gasteiger partial charge in [-0.05, 0) is 17.5 Å². The molecule has 0 aromatic carbocycles. The van der Waals surface area contributed by atoms with Gasteiger partial charge in [0.15, 0.2) is 6.10 Å². The lowest BCUT2D eigenvalue weighted by molar-refractivity contribution is 0.120. The third-order valence-corrected chi connectivity index (χ3v) is 2.68. The van der Waals surface area contributed by atoms with E-state index in [1.165, 1.54) is 4.88 Å². The summed E-state index contributed by atoms with van der Waals surface area (Å²) in [5, 5.41) is 6.03. The highest BCUT2D eigenvalue weighted by Crippen LogP contribution is 2.20. The molecule has 2 heterocycles. The summed E-state index contributed by atoms with van der Waals surface area (Å²) in [5.74, 6) is 0. The number of rotatable bonds is 2. The SMILES string of the molecule is C=C[C@H]1CC(c2cccs2)=NO1. The van der Waals surface area contributed by atoms with Crippen molar-refractivity contribution in [3.63, 3.8) is 0 Å². The third kappa shape index (κ3) is 1.28. The number of hydrogen-bond donors (Lipinski definition) is 0. The summed E-state index contributed by atoms with van der Waals surface area (Å²) in [5.41, 5.74) is 1.04. The van der Waals surface area contributed by atoms with Gasteiger partial charge in [-0.15, -0.1) is 11.3 Å². The largest absolute Gasteiger partial charge is 0.388 e. The number of oxime groups is 1. The zero-order valence-corrected chi connectivity index (χ0v) is 7.38. The van der Waals surface area contributed by atoms with Gasteiger partial charge >= 0.3 is 0 Å². The summed E-state index contributed by atoms with van der Waals surface area (Å²) in [7, 11) is 0. The Balaban J connectivity index is 2.14. The monoisotopic (exact) mass is 179 g/mol. The molecule has 0 unspecified atom stereocenters. The van der Waals surface area contributed by atoms with Crippen LogP contribution in [0, 0.1) is 0 Å². The minimum Gasteiger partial charge on any atom is -0.388 e. The zero-order valence-electron chi connectivity index (χ0n) is 6.56.